The number of carboxylic acids is 3. The maximum Gasteiger partial charge on any atom is 0.417 e. The maximum atomic E-state index is 14.3. The molecule has 4 aromatic rings. The predicted octanol–water partition coefficient (Wildman–Crippen LogP) is 4.21. The fourth-order valence-corrected chi connectivity index (χ4v) is 6.18. The van der Waals surface area contributed by atoms with E-state index >= 15 is 0 Å². The number of hydrogen-bond donors (Lipinski definition) is 5. The second-order valence-corrected chi connectivity index (χ2v) is 12.1. The minimum Gasteiger partial charge on any atom is -0.481 e. The van der Waals surface area contributed by atoms with Gasteiger partial charge in [0, 0.05) is 36.6 Å². The van der Waals surface area contributed by atoms with Gasteiger partial charge in [0.1, 0.15) is 15.0 Å². The number of nitrogens with one attached hydrogen (secondary N) is 1. The Morgan fingerprint density at radius 2 is 1.64 bits per heavy atom. The Labute approximate surface area is 273 Å². The highest BCUT2D eigenvalue weighted by Crippen LogP contribution is 2.45. The summed E-state index contributed by atoms with van der Waals surface area (Å²) in [6.45, 7) is 5.00. The van der Waals surface area contributed by atoms with Crippen LogP contribution in [0, 0.1) is 0 Å². The monoisotopic (exact) mass is 697 g/mol. The largest absolute Gasteiger partial charge is 0.481 e. The van der Waals surface area contributed by atoms with Gasteiger partial charge in [-0.05, 0) is 31.4 Å². The van der Waals surface area contributed by atoms with Gasteiger partial charge in [0.2, 0.25) is 11.8 Å². The Morgan fingerprint density at radius 1 is 1.02 bits per heavy atom. The molecule has 0 saturated carbocycles. The van der Waals surface area contributed by atoms with Crippen molar-refractivity contribution in [3.8, 4) is 17.1 Å². The van der Waals surface area contributed by atoms with Crippen LogP contribution in [0.3, 0.4) is 0 Å². The number of anilines is 1. The summed E-state index contributed by atoms with van der Waals surface area (Å²) < 4.78 is 49.2. The minimum atomic E-state index is -4.57. The topological polar surface area (TPSA) is 195 Å². The van der Waals surface area contributed by atoms with E-state index < -0.39 is 48.1 Å². The number of carbonyl (C=O) groups is 3. The molecular formula is C29H30F3N5O8S2. The molecule has 4 heterocycles. The molecule has 0 unspecified atom stereocenters. The van der Waals surface area contributed by atoms with Crippen LogP contribution in [0.5, 0.6) is 5.88 Å². The van der Waals surface area contributed by atoms with Gasteiger partial charge in [0.15, 0.2) is 5.60 Å². The number of halogens is 3. The number of alkyl halides is 3. The van der Waals surface area contributed by atoms with Gasteiger partial charge in [0.05, 0.1) is 36.1 Å². The number of aliphatic carboxylic acids is 3. The van der Waals surface area contributed by atoms with Crippen molar-refractivity contribution in [1.82, 2.24) is 20.3 Å². The van der Waals surface area contributed by atoms with Gasteiger partial charge in [-0.25, -0.2) is 14.8 Å². The number of fused-ring (bicyclic) bond motifs is 3. The first-order valence-corrected chi connectivity index (χ1v) is 16.1. The molecule has 1 saturated heterocycles. The van der Waals surface area contributed by atoms with E-state index in [-0.39, 0.29) is 21.4 Å². The molecule has 1 fully saturated rings. The first-order chi connectivity index (χ1) is 22.2. The molecule has 3 aromatic heterocycles. The Kier molecular flexibility index (Phi) is 11.1. The van der Waals surface area contributed by atoms with E-state index in [1.807, 2.05) is 30.2 Å². The first-order valence-electron chi connectivity index (χ1n) is 14.0. The van der Waals surface area contributed by atoms with Crippen LogP contribution in [0.15, 0.2) is 35.2 Å². The molecular weight excluding hydrogens is 667 g/mol. The van der Waals surface area contributed by atoms with Gasteiger partial charge in [-0.15, -0.1) is 23.1 Å². The summed E-state index contributed by atoms with van der Waals surface area (Å²) in [5.74, 6) is -4.35. The van der Waals surface area contributed by atoms with Crippen molar-refractivity contribution in [2.24, 2.45) is 0 Å². The van der Waals surface area contributed by atoms with Crippen molar-refractivity contribution < 1.29 is 52.7 Å². The molecule has 1 aromatic carbocycles. The van der Waals surface area contributed by atoms with Gasteiger partial charge >= 0.3 is 24.1 Å². The third-order valence-electron chi connectivity index (χ3n) is 6.90. The van der Waals surface area contributed by atoms with Crippen LogP contribution >= 0.6 is 23.1 Å². The highest BCUT2D eigenvalue weighted by Gasteiger charge is 2.41. The van der Waals surface area contributed by atoms with Crippen LogP contribution in [-0.4, -0.2) is 97.9 Å². The Hall–Kier alpha value is -4.26. The summed E-state index contributed by atoms with van der Waals surface area (Å²) >= 11 is 2.70. The zero-order valence-electron chi connectivity index (χ0n) is 25.0. The Morgan fingerprint density at radius 3 is 2.15 bits per heavy atom. The van der Waals surface area contributed by atoms with E-state index in [1.165, 1.54) is 0 Å². The lowest BCUT2D eigenvalue weighted by Crippen LogP contribution is -2.44. The molecule has 18 heteroatoms. The number of rotatable bonds is 10. The molecule has 1 aliphatic heterocycles. The van der Waals surface area contributed by atoms with Gasteiger partial charge in [-0.2, -0.15) is 18.2 Å². The van der Waals surface area contributed by atoms with Crippen LogP contribution in [0.1, 0.15) is 25.3 Å². The summed E-state index contributed by atoms with van der Waals surface area (Å²) in [4.78, 5) is 47.5. The van der Waals surface area contributed by atoms with Gasteiger partial charge in [0.25, 0.3) is 0 Å². The lowest BCUT2D eigenvalue weighted by Gasteiger charge is -2.27. The van der Waals surface area contributed by atoms with Gasteiger partial charge in [-0.1, -0.05) is 12.1 Å². The summed E-state index contributed by atoms with van der Waals surface area (Å²) in [6.07, 6.45) is -4.91. The van der Waals surface area contributed by atoms with Gasteiger partial charge in [-0.3, -0.25) is 9.59 Å². The van der Waals surface area contributed by atoms with E-state index in [2.05, 4.69) is 20.3 Å². The van der Waals surface area contributed by atoms with Crippen LogP contribution in [0.25, 0.3) is 31.7 Å². The van der Waals surface area contributed by atoms with E-state index in [1.54, 1.807) is 23.9 Å². The molecule has 0 spiro atoms. The molecule has 0 bridgehead atoms. The SMILES string of the molecule is CCOc1nc(N2CCNCC2)nc2c1sc1nc(-c3ccc(SC)cc3)cc(C(F)(F)F)c12.O=C(O)CC(O)(CC(=O)O)C(=O)O. The predicted molar refractivity (Wildman–Crippen MR) is 168 cm³/mol. The van der Waals surface area contributed by atoms with E-state index in [4.69, 9.17) is 25.2 Å². The highest BCUT2D eigenvalue weighted by molar-refractivity contribution is 7.98. The standard InChI is InChI=1S/C23H22F3N5OS2.C6H8O7/c1-3-32-20-19-18(29-22(30-20)31-10-8-27-9-11-31)17-15(23(24,25)26)12-16(28-21(17)34-19)13-4-6-14(33-2)7-5-13;7-3(8)1-6(13,5(11)12)2-4(9)10/h4-7,12,27H,3,8-11H2,1-2H3;13H,1-2H2,(H,7,8)(H,9,10)(H,11,12). The third kappa shape index (κ3) is 8.37. The number of ether oxygens (including phenoxy) is 1. The number of thiophene rings is 1. The number of aromatic nitrogens is 3. The smallest absolute Gasteiger partial charge is 0.417 e. The maximum absolute atomic E-state index is 14.3. The molecule has 47 heavy (non-hydrogen) atoms. The molecule has 252 valence electrons. The molecule has 0 aliphatic carbocycles. The molecule has 13 nitrogen and oxygen atoms in total. The van der Waals surface area contributed by atoms with E-state index in [9.17, 15) is 27.6 Å². The van der Waals surface area contributed by atoms with E-state index in [0.717, 1.165) is 35.4 Å². The van der Waals surface area contributed by atoms with Crippen LogP contribution in [0.4, 0.5) is 19.1 Å². The number of aliphatic hydroxyl groups is 1. The zero-order chi connectivity index (χ0) is 34.5. The first kappa shape index (κ1) is 35.6. The lowest BCUT2D eigenvalue weighted by molar-refractivity contribution is -0.170. The summed E-state index contributed by atoms with van der Waals surface area (Å²) in [7, 11) is 0. The number of thioether (sulfide) groups is 1. The van der Waals surface area contributed by atoms with Crippen molar-refractivity contribution in [2.45, 2.75) is 36.4 Å². The van der Waals surface area contributed by atoms with Crippen LogP contribution < -0.4 is 15.0 Å². The van der Waals surface area contributed by atoms with Crippen molar-refractivity contribution >= 4 is 67.4 Å². The molecule has 0 atom stereocenters. The fourth-order valence-electron chi connectivity index (χ4n) is 4.69. The van der Waals surface area contributed by atoms with Crippen molar-refractivity contribution in [3.63, 3.8) is 0 Å². The lowest BCUT2D eigenvalue weighted by atomic mass is 9.96. The third-order valence-corrected chi connectivity index (χ3v) is 8.71. The number of nitrogens with zero attached hydrogens (tertiary/aromatic N) is 4. The second kappa shape index (κ2) is 14.7. The van der Waals surface area contributed by atoms with Crippen molar-refractivity contribution in [2.75, 3.05) is 43.9 Å². The molecule has 0 radical (unpaired) electrons. The zero-order valence-corrected chi connectivity index (χ0v) is 26.6. The number of carboxylic acid groups (broad SMARTS) is 3. The number of hydrogen-bond acceptors (Lipinski definition) is 12. The number of pyridine rings is 1. The summed E-state index contributed by atoms with van der Waals surface area (Å²) in [5, 5.41) is 37.1. The number of benzene rings is 1. The van der Waals surface area contributed by atoms with Crippen LogP contribution in [0.2, 0.25) is 0 Å². The summed E-state index contributed by atoms with van der Waals surface area (Å²) in [5.41, 5.74) is -2.36. The quantitative estimate of drug-likeness (QED) is 0.148. The molecule has 0 amide bonds. The van der Waals surface area contributed by atoms with Crippen molar-refractivity contribution in [3.05, 3.63) is 35.9 Å². The molecule has 5 rings (SSSR count). The second-order valence-electron chi connectivity index (χ2n) is 10.2. The normalized spacial score (nSPS) is 13.7. The minimum absolute atomic E-state index is 0.00304. The highest BCUT2D eigenvalue weighted by atomic mass is 32.2. The fraction of sp³-hybridized carbons (Fsp3) is 0.379. The summed E-state index contributed by atoms with van der Waals surface area (Å²) in [6, 6.07) is 8.46. The molecule has 1 aliphatic rings. The van der Waals surface area contributed by atoms with Crippen LogP contribution in [-0.2, 0) is 20.6 Å². The molecule has 5 N–H and O–H groups in total. The number of piperazine rings is 1. The van der Waals surface area contributed by atoms with Gasteiger partial charge < -0.3 is 35.4 Å². The average molecular weight is 698 g/mol. The van der Waals surface area contributed by atoms with E-state index in [0.29, 0.717) is 41.8 Å². The average Bonchev–Trinajstić information content (AvgIpc) is 3.39. The Bertz CT molecular complexity index is 1760. The Balaban J connectivity index is 0.000000328. The van der Waals surface area contributed by atoms with Crippen molar-refractivity contribution in [1.29, 1.82) is 0 Å².